The van der Waals surface area contributed by atoms with E-state index in [4.69, 9.17) is 14.9 Å². The van der Waals surface area contributed by atoms with Crippen LogP contribution in [0.4, 0.5) is 0 Å². The Morgan fingerprint density at radius 3 is 2.29 bits per heavy atom. The van der Waals surface area contributed by atoms with E-state index in [1.54, 1.807) is 0 Å². The summed E-state index contributed by atoms with van der Waals surface area (Å²) in [5, 5.41) is 17.7. The molecular weight excluding hydrogens is 192 g/mol. The topological polar surface area (TPSA) is 93.1 Å². The van der Waals surface area contributed by atoms with Crippen LogP contribution in [0.1, 0.15) is 12.8 Å². The van der Waals surface area contributed by atoms with Crippen LogP contribution in [0.5, 0.6) is 0 Å². The zero-order valence-electron chi connectivity index (χ0n) is 7.73. The third-order valence-electron chi connectivity index (χ3n) is 2.34. The molecule has 1 unspecified atom stereocenters. The summed E-state index contributed by atoms with van der Waals surface area (Å²) >= 11 is 0. The van der Waals surface area contributed by atoms with Crippen molar-refractivity contribution in [3.8, 4) is 0 Å². The van der Waals surface area contributed by atoms with Crippen LogP contribution in [0.15, 0.2) is 0 Å². The van der Waals surface area contributed by atoms with Crippen LogP contribution in [-0.4, -0.2) is 47.6 Å². The normalized spacial score (nSPS) is 22.2. The molecule has 0 amide bonds. The van der Waals surface area contributed by atoms with Gasteiger partial charge in [0.05, 0.1) is 0 Å². The fourth-order valence-electron chi connectivity index (χ4n) is 1.57. The molecule has 6 nitrogen and oxygen atoms in total. The molecule has 6 heteroatoms. The highest BCUT2D eigenvalue weighted by molar-refractivity contribution is 6.02. The van der Waals surface area contributed by atoms with E-state index in [2.05, 4.69) is 4.74 Å². The van der Waals surface area contributed by atoms with Crippen molar-refractivity contribution in [2.24, 2.45) is 0 Å². The molecule has 80 valence electrons. The molecule has 1 rings (SSSR count). The lowest BCUT2D eigenvalue weighted by atomic mass is 9.94. The first-order valence-electron chi connectivity index (χ1n) is 4.19. The lowest BCUT2D eigenvalue weighted by molar-refractivity contribution is -0.194. The molecule has 1 aliphatic heterocycles. The smallest absolute Gasteiger partial charge is 0.350 e. The summed E-state index contributed by atoms with van der Waals surface area (Å²) in [6.45, 7) is 0.371. The Morgan fingerprint density at radius 2 is 2.00 bits per heavy atom. The second kappa shape index (κ2) is 3.93. The maximum absolute atomic E-state index is 10.9. The van der Waals surface area contributed by atoms with E-state index in [-0.39, 0.29) is 0 Å². The van der Waals surface area contributed by atoms with Crippen molar-refractivity contribution in [2.75, 3.05) is 13.7 Å². The molecular formula is C8H12O6. The van der Waals surface area contributed by atoms with Crippen LogP contribution in [0, 0.1) is 0 Å². The Labute approximate surface area is 80.4 Å². The molecule has 1 heterocycles. The SMILES string of the molecule is COC(C(=O)O)(C(=O)O)C1CCCO1. The lowest BCUT2D eigenvalue weighted by Crippen LogP contribution is -2.57. The first kappa shape index (κ1) is 10.9. The van der Waals surface area contributed by atoms with Gasteiger partial charge in [-0.05, 0) is 12.8 Å². The van der Waals surface area contributed by atoms with Gasteiger partial charge in [0.25, 0.3) is 5.60 Å². The number of ether oxygens (including phenoxy) is 2. The monoisotopic (exact) mass is 204 g/mol. The molecule has 0 radical (unpaired) electrons. The molecule has 0 bridgehead atoms. The Hall–Kier alpha value is -1.14. The number of carboxylic acid groups (broad SMARTS) is 2. The van der Waals surface area contributed by atoms with Crippen molar-refractivity contribution >= 4 is 11.9 Å². The van der Waals surface area contributed by atoms with Gasteiger partial charge in [0.2, 0.25) is 0 Å². The summed E-state index contributed by atoms with van der Waals surface area (Å²) in [5.41, 5.74) is -2.27. The summed E-state index contributed by atoms with van der Waals surface area (Å²) in [6, 6.07) is 0. The van der Waals surface area contributed by atoms with E-state index >= 15 is 0 Å². The highest BCUT2D eigenvalue weighted by atomic mass is 16.6. The van der Waals surface area contributed by atoms with Crippen molar-refractivity contribution in [1.82, 2.24) is 0 Å². The first-order valence-corrected chi connectivity index (χ1v) is 4.19. The molecule has 2 N–H and O–H groups in total. The van der Waals surface area contributed by atoms with Gasteiger partial charge in [-0.15, -0.1) is 0 Å². The van der Waals surface area contributed by atoms with Crippen molar-refractivity contribution in [3.05, 3.63) is 0 Å². The van der Waals surface area contributed by atoms with Gasteiger partial charge >= 0.3 is 11.9 Å². The standard InChI is InChI=1S/C8H12O6/c1-13-8(6(9)10,7(11)12)5-3-2-4-14-5/h5H,2-4H2,1H3,(H,9,10)(H,11,12). The highest BCUT2D eigenvalue weighted by Gasteiger charge is 2.55. The van der Waals surface area contributed by atoms with Gasteiger partial charge in [-0.2, -0.15) is 0 Å². The van der Waals surface area contributed by atoms with Gasteiger partial charge in [-0.1, -0.05) is 0 Å². The fraction of sp³-hybridized carbons (Fsp3) is 0.750. The van der Waals surface area contributed by atoms with Gasteiger partial charge in [0.15, 0.2) is 0 Å². The third kappa shape index (κ3) is 1.46. The fourth-order valence-corrected chi connectivity index (χ4v) is 1.57. The quantitative estimate of drug-likeness (QED) is 0.612. The van der Waals surface area contributed by atoms with E-state index in [0.717, 1.165) is 7.11 Å². The molecule has 0 saturated carbocycles. The number of rotatable bonds is 4. The molecule has 0 aromatic carbocycles. The molecule has 0 aromatic heterocycles. The molecule has 0 aliphatic carbocycles. The minimum atomic E-state index is -2.27. The molecule has 1 aliphatic rings. The minimum absolute atomic E-state index is 0.371. The van der Waals surface area contributed by atoms with Crippen LogP contribution in [-0.2, 0) is 19.1 Å². The maximum Gasteiger partial charge on any atom is 0.350 e. The molecule has 0 aromatic rings. The largest absolute Gasteiger partial charge is 0.479 e. The van der Waals surface area contributed by atoms with Crippen LogP contribution < -0.4 is 0 Å². The summed E-state index contributed by atoms with van der Waals surface area (Å²) in [6.07, 6.45) is 0.116. The Morgan fingerprint density at radius 1 is 1.43 bits per heavy atom. The van der Waals surface area contributed by atoms with Crippen LogP contribution in [0.25, 0.3) is 0 Å². The zero-order valence-corrected chi connectivity index (χ0v) is 7.73. The number of hydrogen-bond donors (Lipinski definition) is 2. The van der Waals surface area contributed by atoms with Crippen LogP contribution in [0.3, 0.4) is 0 Å². The number of hydrogen-bond acceptors (Lipinski definition) is 4. The van der Waals surface area contributed by atoms with Gasteiger partial charge in [-0.3, -0.25) is 0 Å². The molecule has 0 spiro atoms. The zero-order chi connectivity index (χ0) is 10.8. The van der Waals surface area contributed by atoms with E-state index in [0.29, 0.717) is 19.4 Å². The highest BCUT2D eigenvalue weighted by Crippen LogP contribution is 2.27. The average Bonchev–Trinajstić information content (AvgIpc) is 2.58. The predicted molar refractivity (Wildman–Crippen MR) is 44.0 cm³/mol. The molecule has 1 fully saturated rings. The molecule has 1 atom stereocenters. The second-order valence-electron chi connectivity index (χ2n) is 3.05. The number of methoxy groups -OCH3 is 1. The van der Waals surface area contributed by atoms with Gasteiger partial charge in [0.1, 0.15) is 6.10 Å². The van der Waals surface area contributed by atoms with Gasteiger partial charge < -0.3 is 19.7 Å². The van der Waals surface area contributed by atoms with E-state index in [1.165, 1.54) is 0 Å². The Bertz CT molecular complexity index is 228. The number of carboxylic acids is 2. The summed E-state index contributed by atoms with van der Waals surface area (Å²) in [7, 11) is 1.06. The minimum Gasteiger partial charge on any atom is -0.479 e. The average molecular weight is 204 g/mol. The van der Waals surface area contributed by atoms with Crippen molar-refractivity contribution < 1.29 is 29.3 Å². The Balaban J connectivity index is 2.99. The van der Waals surface area contributed by atoms with Crippen molar-refractivity contribution in [3.63, 3.8) is 0 Å². The van der Waals surface area contributed by atoms with E-state index in [1.807, 2.05) is 0 Å². The summed E-state index contributed by atoms with van der Waals surface area (Å²) < 4.78 is 9.67. The van der Waals surface area contributed by atoms with Crippen molar-refractivity contribution in [1.29, 1.82) is 0 Å². The van der Waals surface area contributed by atoms with Gasteiger partial charge in [0, 0.05) is 13.7 Å². The predicted octanol–water partition coefficient (Wildman–Crippen LogP) is -0.280. The molecule has 14 heavy (non-hydrogen) atoms. The van der Waals surface area contributed by atoms with Gasteiger partial charge in [-0.25, -0.2) is 9.59 Å². The maximum atomic E-state index is 10.9. The number of aliphatic carboxylic acids is 2. The summed E-state index contributed by atoms with van der Waals surface area (Å²) in [5.74, 6) is -3.06. The van der Waals surface area contributed by atoms with Crippen molar-refractivity contribution in [2.45, 2.75) is 24.5 Å². The summed E-state index contributed by atoms with van der Waals surface area (Å²) in [4.78, 5) is 21.8. The van der Waals surface area contributed by atoms with E-state index in [9.17, 15) is 9.59 Å². The molecule has 1 saturated heterocycles. The second-order valence-corrected chi connectivity index (χ2v) is 3.05. The van der Waals surface area contributed by atoms with Crippen LogP contribution >= 0.6 is 0 Å². The van der Waals surface area contributed by atoms with E-state index < -0.39 is 23.6 Å². The first-order chi connectivity index (χ1) is 6.55. The lowest BCUT2D eigenvalue weighted by Gasteiger charge is -2.28. The Kier molecular flexibility index (Phi) is 3.07. The third-order valence-corrected chi connectivity index (χ3v) is 2.34. The van der Waals surface area contributed by atoms with Crippen LogP contribution in [0.2, 0.25) is 0 Å². The number of carbonyl (C=O) groups is 2.